The molecular formula is C31H43N7OSi. The van der Waals surface area contributed by atoms with Crippen LogP contribution in [0.15, 0.2) is 54.0 Å². The zero-order valence-electron chi connectivity index (χ0n) is 25.3. The van der Waals surface area contributed by atoms with Crippen molar-refractivity contribution < 1.29 is 4.74 Å². The van der Waals surface area contributed by atoms with Gasteiger partial charge in [-0.3, -0.25) is 0 Å². The minimum absolute atomic E-state index is 0.478. The molecule has 0 aliphatic rings. The maximum Gasteiger partial charge on any atom is 0.227 e. The van der Waals surface area contributed by atoms with E-state index in [-0.39, 0.29) is 0 Å². The highest BCUT2D eigenvalue weighted by atomic mass is 28.3. The van der Waals surface area contributed by atoms with Gasteiger partial charge in [-0.2, -0.15) is 0 Å². The molecule has 9 heteroatoms. The minimum Gasteiger partial charge on any atom is -0.494 e. The number of nitrogen functional groups attached to an aromatic ring is 1. The van der Waals surface area contributed by atoms with Gasteiger partial charge in [-0.15, -0.1) is 0 Å². The summed E-state index contributed by atoms with van der Waals surface area (Å²) >= 11 is 0. The summed E-state index contributed by atoms with van der Waals surface area (Å²) in [7, 11) is 8.55. The van der Waals surface area contributed by atoms with Crippen molar-refractivity contribution in [2.75, 3.05) is 57.3 Å². The van der Waals surface area contributed by atoms with Crippen LogP contribution in [0.3, 0.4) is 0 Å². The SMILES string of the molecule is COc1cc(N(C)CCN(C)C)c(N)cc1Nc1nccc(-c2cn(C)c3cc(/C=C(/C)[Si](C)(C)C)ccc23)n1. The van der Waals surface area contributed by atoms with Crippen molar-refractivity contribution in [2.45, 2.75) is 26.6 Å². The van der Waals surface area contributed by atoms with Crippen molar-refractivity contribution in [1.29, 1.82) is 0 Å². The Bertz CT molecular complexity index is 1530. The van der Waals surface area contributed by atoms with Crippen LogP contribution >= 0.6 is 0 Å². The first kappa shape index (κ1) is 29.2. The Morgan fingerprint density at radius 3 is 2.52 bits per heavy atom. The normalized spacial score (nSPS) is 12.3. The largest absolute Gasteiger partial charge is 0.494 e. The second-order valence-electron chi connectivity index (χ2n) is 11.7. The predicted molar refractivity (Wildman–Crippen MR) is 173 cm³/mol. The van der Waals surface area contributed by atoms with Gasteiger partial charge in [0.2, 0.25) is 5.95 Å². The molecule has 4 aromatic rings. The van der Waals surface area contributed by atoms with E-state index in [0.717, 1.165) is 35.4 Å². The summed E-state index contributed by atoms with van der Waals surface area (Å²) in [5, 5.41) is 5.96. The summed E-state index contributed by atoms with van der Waals surface area (Å²) in [5.41, 5.74) is 13.1. The molecule has 2 aromatic heterocycles. The number of ether oxygens (including phenoxy) is 1. The fourth-order valence-corrected chi connectivity index (χ4v) is 5.10. The third-order valence-corrected chi connectivity index (χ3v) is 9.91. The Labute approximate surface area is 239 Å². The lowest BCUT2D eigenvalue weighted by molar-refractivity contribution is 0.413. The van der Waals surface area contributed by atoms with Crippen LogP contribution in [0.2, 0.25) is 19.6 Å². The fourth-order valence-electron chi connectivity index (χ4n) is 4.50. The molecule has 0 radical (unpaired) electrons. The Hall–Kier alpha value is -3.82. The number of nitrogens with two attached hydrogens (primary N) is 1. The minimum atomic E-state index is -1.33. The van der Waals surface area contributed by atoms with Crippen LogP contribution in [-0.2, 0) is 7.05 Å². The lowest BCUT2D eigenvalue weighted by Gasteiger charge is -2.24. The molecule has 2 heterocycles. The Kier molecular flexibility index (Phi) is 8.56. The number of aryl methyl sites for hydroxylation is 1. The molecule has 3 N–H and O–H groups in total. The molecule has 2 aromatic carbocycles. The van der Waals surface area contributed by atoms with Gasteiger partial charge in [-0.1, -0.05) is 43.0 Å². The van der Waals surface area contributed by atoms with Gasteiger partial charge in [0.15, 0.2) is 0 Å². The van der Waals surface area contributed by atoms with Crippen molar-refractivity contribution >= 4 is 48.1 Å². The van der Waals surface area contributed by atoms with Crippen LogP contribution in [0.4, 0.5) is 23.0 Å². The maximum atomic E-state index is 6.46. The van der Waals surface area contributed by atoms with E-state index < -0.39 is 8.07 Å². The summed E-state index contributed by atoms with van der Waals surface area (Å²) in [4.78, 5) is 13.6. The molecule has 212 valence electrons. The molecule has 0 saturated heterocycles. The van der Waals surface area contributed by atoms with Crippen LogP contribution in [0.1, 0.15) is 12.5 Å². The van der Waals surface area contributed by atoms with Gasteiger partial charge in [-0.25, -0.2) is 9.97 Å². The maximum absolute atomic E-state index is 6.46. The van der Waals surface area contributed by atoms with E-state index in [9.17, 15) is 0 Å². The molecule has 0 saturated carbocycles. The van der Waals surface area contributed by atoms with Gasteiger partial charge in [0.25, 0.3) is 0 Å². The van der Waals surface area contributed by atoms with Gasteiger partial charge < -0.3 is 30.2 Å². The zero-order chi connectivity index (χ0) is 29.2. The zero-order valence-corrected chi connectivity index (χ0v) is 26.3. The van der Waals surface area contributed by atoms with Crippen molar-refractivity contribution in [1.82, 2.24) is 19.4 Å². The number of nitrogens with one attached hydrogen (secondary N) is 1. The van der Waals surface area contributed by atoms with Gasteiger partial charge in [0.05, 0.1) is 37.9 Å². The van der Waals surface area contributed by atoms with Crippen LogP contribution in [0.5, 0.6) is 5.75 Å². The number of hydrogen-bond acceptors (Lipinski definition) is 7. The van der Waals surface area contributed by atoms with Crippen LogP contribution in [-0.4, -0.2) is 68.9 Å². The number of rotatable bonds is 10. The van der Waals surface area contributed by atoms with Crippen molar-refractivity contribution in [3.8, 4) is 17.0 Å². The first-order valence-electron chi connectivity index (χ1n) is 13.6. The number of benzene rings is 2. The molecule has 8 nitrogen and oxygen atoms in total. The lowest BCUT2D eigenvalue weighted by Crippen LogP contribution is -2.29. The molecule has 0 fully saturated rings. The van der Waals surface area contributed by atoms with Gasteiger partial charge in [0, 0.05) is 62.1 Å². The molecule has 0 amide bonds. The van der Waals surface area contributed by atoms with E-state index >= 15 is 0 Å². The average Bonchev–Trinajstić information content (AvgIpc) is 3.22. The van der Waals surface area contributed by atoms with E-state index in [1.165, 1.54) is 16.3 Å². The van der Waals surface area contributed by atoms with Crippen LogP contribution in [0.25, 0.3) is 28.2 Å². The van der Waals surface area contributed by atoms with Crippen molar-refractivity contribution in [2.24, 2.45) is 7.05 Å². The third kappa shape index (κ3) is 6.48. The van der Waals surface area contributed by atoms with Crippen molar-refractivity contribution in [3.63, 3.8) is 0 Å². The molecule has 0 atom stereocenters. The smallest absolute Gasteiger partial charge is 0.227 e. The summed E-state index contributed by atoms with van der Waals surface area (Å²) in [5.74, 6) is 1.15. The summed E-state index contributed by atoms with van der Waals surface area (Å²) in [6.07, 6.45) is 6.24. The Balaban J connectivity index is 1.64. The van der Waals surface area contributed by atoms with E-state index in [0.29, 0.717) is 23.1 Å². The lowest BCUT2D eigenvalue weighted by atomic mass is 10.1. The second kappa shape index (κ2) is 11.7. The first-order chi connectivity index (χ1) is 18.9. The second-order valence-corrected chi connectivity index (χ2v) is 17.0. The Morgan fingerprint density at radius 2 is 1.85 bits per heavy atom. The highest BCUT2D eigenvalue weighted by Gasteiger charge is 2.17. The van der Waals surface area contributed by atoms with E-state index in [1.54, 1.807) is 13.3 Å². The monoisotopic (exact) mass is 557 g/mol. The molecule has 0 aliphatic heterocycles. The summed E-state index contributed by atoms with van der Waals surface area (Å²) < 4.78 is 7.87. The van der Waals surface area contributed by atoms with Crippen LogP contribution < -0.4 is 20.7 Å². The predicted octanol–water partition coefficient (Wildman–Crippen LogP) is 6.25. The highest BCUT2D eigenvalue weighted by Crippen LogP contribution is 2.37. The number of aromatic nitrogens is 3. The first-order valence-corrected chi connectivity index (χ1v) is 17.1. The molecule has 0 aliphatic carbocycles. The van der Waals surface area contributed by atoms with Crippen LogP contribution in [0, 0.1) is 0 Å². The fraction of sp³-hybridized carbons (Fsp3) is 0.355. The number of hydrogen-bond donors (Lipinski definition) is 2. The summed E-state index contributed by atoms with van der Waals surface area (Å²) in [6, 6.07) is 12.4. The van der Waals surface area contributed by atoms with Gasteiger partial charge in [0.1, 0.15) is 5.75 Å². The number of allylic oxidation sites excluding steroid dienone is 1. The number of anilines is 4. The molecule has 0 bridgehead atoms. The third-order valence-electron chi connectivity index (χ3n) is 7.40. The molecule has 0 unspecified atom stereocenters. The quantitative estimate of drug-likeness (QED) is 0.176. The molecule has 0 spiro atoms. The standard InChI is InChI=1S/C31H43N7OSi/c1-21(40(7,8)9)16-22-10-11-23-24(20-38(5)28(23)17-22)26-12-13-33-31(34-26)35-27-18-25(32)29(19-30(27)39-6)37(4)15-14-36(2)3/h10-13,16-20H,14-15,32H2,1-9H3,(H,33,34,35)/b21-16-. The van der Waals surface area contributed by atoms with E-state index in [4.69, 9.17) is 15.5 Å². The average molecular weight is 558 g/mol. The number of nitrogens with zero attached hydrogens (tertiary/aromatic N) is 5. The van der Waals surface area contributed by atoms with Crippen molar-refractivity contribution in [3.05, 3.63) is 59.6 Å². The molecular weight excluding hydrogens is 514 g/mol. The van der Waals surface area contributed by atoms with E-state index in [1.807, 2.05) is 25.2 Å². The summed E-state index contributed by atoms with van der Waals surface area (Å²) in [6.45, 7) is 11.1. The Morgan fingerprint density at radius 1 is 1.10 bits per heavy atom. The van der Waals surface area contributed by atoms with Gasteiger partial charge >= 0.3 is 0 Å². The number of methoxy groups -OCH3 is 1. The number of fused-ring (bicyclic) bond motifs is 1. The van der Waals surface area contributed by atoms with E-state index in [2.05, 4.69) is 103 Å². The number of likely N-dealkylation sites (N-methyl/N-ethyl adjacent to an activating group) is 2. The van der Waals surface area contributed by atoms with Gasteiger partial charge in [-0.05, 0) is 44.8 Å². The molecule has 40 heavy (non-hydrogen) atoms. The molecule has 4 rings (SSSR count). The topological polar surface area (TPSA) is 84.5 Å². The highest BCUT2D eigenvalue weighted by molar-refractivity contribution is 6.83.